The molecule has 1 aromatic rings. The number of alkyl halides is 1. The molecule has 0 radical (unpaired) electrons. The van der Waals surface area contributed by atoms with Crippen molar-refractivity contribution in [3.05, 3.63) is 24.1 Å². The Balaban J connectivity index is 2.14. The van der Waals surface area contributed by atoms with E-state index in [2.05, 4.69) is 16.5 Å². The largest absolute Gasteiger partial charge is 0.348 e. The summed E-state index contributed by atoms with van der Waals surface area (Å²) < 4.78 is 15.1. The zero-order chi connectivity index (χ0) is 15.9. The first-order chi connectivity index (χ1) is 10.5. The molecule has 3 rings (SSSR count). The molecule has 7 heteroatoms. The van der Waals surface area contributed by atoms with Crippen LogP contribution in [-0.2, 0) is 4.79 Å². The summed E-state index contributed by atoms with van der Waals surface area (Å²) in [5.74, 6) is -0.140. The van der Waals surface area contributed by atoms with Gasteiger partial charge in [0.05, 0.1) is 12.7 Å². The van der Waals surface area contributed by atoms with Crippen LogP contribution in [0.2, 0.25) is 5.28 Å². The molecule has 2 aliphatic rings. The molecule has 2 heterocycles. The fourth-order valence-electron chi connectivity index (χ4n) is 3.24. The molecule has 118 valence electrons. The van der Waals surface area contributed by atoms with Crippen molar-refractivity contribution in [1.82, 2.24) is 9.97 Å². The normalized spacial score (nSPS) is 26.0. The minimum absolute atomic E-state index is 0.0903. The Morgan fingerprint density at radius 3 is 2.82 bits per heavy atom. The van der Waals surface area contributed by atoms with Crippen LogP contribution in [0.15, 0.2) is 18.9 Å². The monoisotopic (exact) mass is 324 g/mol. The van der Waals surface area contributed by atoms with Gasteiger partial charge in [-0.05, 0) is 30.5 Å². The number of rotatable bonds is 2. The Kier molecular flexibility index (Phi) is 3.80. The Hall–Kier alpha value is -1.69. The van der Waals surface area contributed by atoms with Crippen LogP contribution in [0.3, 0.4) is 0 Å². The Labute approximate surface area is 133 Å². The molecule has 0 bridgehead atoms. The van der Waals surface area contributed by atoms with Gasteiger partial charge in [0, 0.05) is 13.1 Å². The van der Waals surface area contributed by atoms with Crippen LogP contribution in [0, 0.1) is 0 Å². The lowest BCUT2D eigenvalue weighted by Crippen LogP contribution is -2.49. The van der Waals surface area contributed by atoms with Gasteiger partial charge >= 0.3 is 0 Å². The molecule has 1 saturated carbocycles. The topological polar surface area (TPSA) is 49.3 Å². The number of hydrogen-bond acceptors (Lipinski definition) is 4. The first-order valence-corrected chi connectivity index (χ1v) is 7.74. The van der Waals surface area contributed by atoms with Crippen LogP contribution in [0.5, 0.6) is 0 Å². The number of halogens is 2. The highest BCUT2D eigenvalue weighted by Gasteiger charge is 2.46. The quantitative estimate of drug-likeness (QED) is 0.620. The molecule has 5 nitrogen and oxygen atoms in total. The highest BCUT2D eigenvalue weighted by atomic mass is 35.5. The van der Waals surface area contributed by atoms with Gasteiger partial charge < -0.3 is 9.80 Å². The van der Waals surface area contributed by atoms with E-state index in [-0.39, 0.29) is 17.9 Å². The Morgan fingerprint density at radius 2 is 2.18 bits per heavy atom. The fraction of sp³-hybridized carbons (Fsp3) is 0.533. The van der Waals surface area contributed by atoms with Crippen molar-refractivity contribution >= 4 is 29.0 Å². The second kappa shape index (κ2) is 5.50. The lowest BCUT2D eigenvalue weighted by Gasteiger charge is -2.32. The molecular formula is C15H18ClFN4O. The first-order valence-electron chi connectivity index (χ1n) is 7.36. The molecule has 0 aromatic carbocycles. The van der Waals surface area contributed by atoms with E-state index in [1.54, 1.807) is 0 Å². The second-order valence-corrected chi connectivity index (χ2v) is 6.18. The van der Waals surface area contributed by atoms with Crippen LogP contribution in [0.4, 0.5) is 15.9 Å². The summed E-state index contributed by atoms with van der Waals surface area (Å²) in [7, 11) is 1.52. The van der Waals surface area contributed by atoms with Gasteiger partial charge in [-0.3, -0.25) is 4.79 Å². The predicted molar refractivity (Wildman–Crippen MR) is 84.1 cm³/mol. The van der Waals surface area contributed by atoms with Crippen molar-refractivity contribution in [3.8, 4) is 0 Å². The van der Waals surface area contributed by atoms with Crippen LogP contribution in [-0.4, -0.2) is 41.2 Å². The smallest absolute Gasteiger partial charge is 0.270 e. The van der Waals surface area contributed by atoms with Crippen LogP contribution in [0.1, 0.15) is 25.7 Å². The van der Waals surface area contributed by atoms with Crippen molar-refractivity contribution in [1.29, 1.82) is 0 Å². The SMILES string of the molecule is C=C[C@]1(F)CN(C2CCCC2)c2nc(Cl)ncc2N(C)C1=O. The molecule has 1 atom stereocenters. The predicted octanol–water partition coefficient (Wildman–Crippen LogP) is 2.75. The number of amides is 1. The Morgan fingerprint density at radius 1 is 1.50 bits per heavy atom. The minimum Gasteiger partial charge on any atom is -0.348 e. The summed E-state index contributed by atoms with van der Waals surface area (Å²) in [5, 5.41) is 0.0903. The van der Waals surface area contributed by atoms with Crippen LogP contribution in [0.25, 0.3) is 0 Å². The van der Waals surface area contributed by atoms with Crippen LogP contribution < -0.4 is 9.80 Å². The van der Waals surface area contributed by atoms with Gasteiger partial charge in [-0.15, -0.1) is 0 Å². The summed E-state index contributed by atoms with van der Waals surface area (Å²) in [6.45, 7) is 3.42. The third-order valence-electron chi connectivity index (χ3n) is 4.50. The number of fused-ring (bicyclic) bond motifs is 1. The molecule has 1 aliphatic carbocycles. The van der Waals surface area contributed by atoms with E-state index in [1.807, 2.05) is 4.90 Å². The molecule has 1 fully saturated rings. The molecule has 1 aromatic heterocycles. The molecule has 22 heavy (non-hydrogen) atoms. The second-order valence-electron chi connectivity index (χ2n) is 5.84. The van der Waals surface area contributed by atoms with E-state index < -0.39 is 11.6 Å². The summed E-state index contributed by atoms with van der Waals surface area (Å²) in [6.07, 6.45) is 6.63. The average Bonchev–Trinajstić information content (AvgIpc) is 3.02. The minimum atomic E-state index is -2.15. The van der Waals surface area contributed by atoms with Crippen molar-refractivity contribution in [2.75, 3.05) is 23.4 Å². The van der Waals surface area contributed by atoms with E-state index in [0.29, 0.717) is 11.5 Å². The number of anilines is 2. The third kappa shape index (κ3) is 2.35. The van der Waals surface area contributed by atoms with Gasteiger partial charge in [0.2, 0.25) is 11.0 Å². The zero-order valence-electron chi connectivity index (χ0n) is 12.4. The maximum Gasteiger partial charge on any atom is 0.270 e. The zero-order valence-corrected chi connectivity index (χ0v) is 13.2. The summed E-state index contributed by atoms with van der Waals surface area (Å²) >= 11 is 5.92. The maximum absolute atomic E-state index is 15.1. The van der Waals surface area contributed by atoms with E-state index in [4.69, 9.17) is 11.6 Å². The van der Waals surface area contributed by atoms with Gasteiger partial charge in [-0.25, -0.2) is 9.37 Å². The highest BCUT2D eigenvalue weighted by Crippen LogP contribution is 2.39. The number of aromatic nitrogens is 2. The summed E-state index contributed by atoms with van der Waals surface area (Å²) in [6, 6.07) is 0.152. The van der Waals surface area contributed by atoms with E-state index >= 15 is 4.39 Å². The molecule has 0 saturated heterocycles. The molecule has 1 amide bonds. The van der Waals surface area contributed by atoms with Crippen molar-refractivity contribution in [2.45, 2.75) is 37.4 Å². The third-order valence-corrected chi connectivity index (χ3v) is 4.69. The standard InChI is InChI=1S/C15H18ClFN4O/c1-3-15(17)9-21(10-6-4-5-7-10)12-11(20(2)13(15)22)8-18-14(16)19-12/h3,8,10H,1,4-7,9H2,2H3/t15-/m0/s1. The lowest BCUT2D eigenvalue weighted by molar-refractivity contribution is -0.126. The van der Waals surface area contributed by atoms with Crippen molar-refractivity contribution in [3.63, 3.8) is 0 Å². The number of nitrogens with zero attached hydrogens (tertiary/aromatic N) is 4. The molecule has 0 unspecified atom stereocenters. The van der Waals surface area contributed by atoms with E-state index in [0.717, 1.165) is 31.8 Å². The van der Waals surface area contributed by atoms with Crippen molar-refractivity contribution in [2.24, 2.45) is 0 Å². The van der Waals surface area contributed by atoms with Gasteiger partial charge in [0.1, 0.15) is 5.69 Å². The average molecular weight is 325 g/mol. The molecule has 0 spiro atoms. The molecule has 1 aliphatic heterocycles. The van der Waals surface area contributed by atoms with E-state index in [1.165, 1.54) is 18.1 Å². The van der Waals surface area contributed by atoms with Gasteiger partial charge in [-0.1, -0.05) is 19.4 Å². The summed E-state index contributed by atoms with van der Waals surface area (Å²) in [4.78, 5) is 23.8. The van der Waals surface area contributed by atoms with Crippen molar-refractivity contribution < 1.29 is 9.18 Å². The number of carbonyl (C=O) groups is 1. The Bertz CT molecular complexity index is 620. The van der Waals surface area contributed by atoms with Gasteiger partial charge in [0.25, 0.3) is 5.91 Å². The number of hydrogen-bond donors (Lipinski definition) is 0. The highest BCUT2D eigenvalue weighted by molar-refractivity contribution is 6.28. The van der Waals surface area contributed by atoms with E-state index in [9.17, 15) is 4.79 Å². The van der Waals surface area contributed by atoms with Crippen LogP contribution >= 0.6 is 11.6 Å². The fourth-order valence-corrected chi connectivity index (χ4v) is 3.37. The summed E-state index contributed by atoms with van der Waals surface area (Å²) in [5.41, 5.74) is -1.67. The lowest BCUT2D eigenvalue weighted by atomic mass is 10.0. The maximum atomic E-state index is 15.1. The van der Waals surface area contributed by atoms with Gasteiger partial charge in [0.15, 0.2) is 5.82 Å². The number of carbonyl (C=O) groups excluding carboxylic acids is 1. The first kappa shape index (κ1) is 15.2. The molecular weight excluding hydrogens is 307 g/mol. The molecule has 0 N–H and O–H groups in total. The van der Waals surface area contributed by atoms with Gasteiger partial charge in [-0.2, -0.15) is 4.98 Å².